The van der Waals surface area contributed by atoms with E-state index in [4.69, 9.17) is 9.15 Å². The number of carbonyl (C=O) groups excluding carboxylic acids is 1. The SMILES string of the molecule is CCCOc1ccc2cc(C(=O)CC(CCn3nnc4ccccc4c3=O)C(=O)O)oc2c1. The first-order chi connectivity index (χ1) is 16.0. The summed E-state index contributed by atoms with van der Waals surface area (Å²) in [5.74, 6) is -1.83. The normalized spacial score (nSPS) is 12.2. The number of nitrogens with zero attached hydrogens (tertiary/aromatic N) is 3. The molecule has 0 aliphatic rings. The molecule has 2 heterocycles. The maximum absolute atomic E-state index is 12.8. The van der Waals surface area contributed by atoms with E-state index in [1.165, 1.54) is 0 Å². The number of aliphatic carboxylic acids is 1. The van der Waals surface area contributed by atoms with Gasteiger partial charge in [0.25, 0.3) is 5.56 Å². The van der Waals surface area contributed by atoms with Crippen LogP contribution in [0.2, 0.25) is 0 Å². The van der Waals surface area contributed by atoms with Crippen molar-refractivity contribution in [3.05, 3.63) is 64.6 Å². The fourth-order valence-corrected chi connectivity index (χ4v) is 3.54. The Hall–Kier alpha value is -4.01. The van der Waals surface area contributed by atoms with Gasteiger partial charge in [0.05, 0.1) is 17.9 Å². The molecule has 0 aliphatic heterocycles. The first kappa shape index (κ1) is 22.2. The summed E-state index contributed by atoms with van der Waals surface area (Å²) in [6.45, 7) is 2.60. The molecule has 4 rings (SSSR count). The lowest BCUT2D eigenvalue weighted by Crippen LogP contribution is -2.27. The number of hydrogen-bond donors (Lipinski definition) is 1. The number of Topliss-reactive ketones (excluding diaryl/α,β-unsaturated/α-hetero) is 1. The van der Waals surface area contributed by atoms with E-state index in [9.17, 15) is 19.5 Å². The van der Waals surface area contributed by atoms with Gasteiger partial charge in [0, 0.05) is 24.4 Å². The van der Waals surface area contributed by atoms with Crippen LogP contribution in [0.5, 0.6) is 5.75 Å². The predicted octanol–water partition coefficient (Wildman–Crippen LogP) is 3.69. The van der Waals surface area contributed by atoms with Crippen LogP contribution in [-0.4, -0.2) is 38.5 Å². The Kier molecular flexibility index (Phi) is 6.48. The predicted molar refractivity (Wildman–Crippen MR) is 120 cm³/mol. The Morgan fingerprint density at radius 1 is 1.18 bits per heavy atom. The summed E-state index contributed by atoms with van der Waals surface area (Å²) in [5.41, 5.74) is 0.614. The molecule has 2 aromatic carbocycles. The van der Waals surface area contributed by atoms with E-state index in [0.29, 0.717) is 28.8 Å². The topological polar surface area (TPSA) is 125 Å². The molecule has 2 aromatic heterocycles. The van der Waals surface area contributed by atoms with Crippen LogP contribution in [0, 0.1) is 5.92 Å². The molecule has 0 aliphatic carbocycles. The van der Waals surface area contributed by atoms with Gasteiger partial charge in [-0.1, -0.05) is 24.3 Å². The lowest BCUT2D eigenvalue weighted by atomic mass is 9.98. The molecule has 0 saturated heterocycles. The number of carboxylic acids is 1. The smallest absolute Gasteiger partial charge is 0.307 e. The van der Waals surface area contributed by atoms with Crippen molar-refractivity contribution in [3.63, 3.8) is 0 Å². The van der Waals surface area contributed by atoms with Crippen LogP contribution in [0.15, 0.2) is 57.7 Å². The minimum Gasteiger partial charge on any atom is -0.493 e. The summed E-state index contributed by atoms with van der Waals surface area (Å²) in [6, 6.07) is 13.7. The summed E-state index contributed by atoms with van der Waals surface area (Å²) >= 11 is 0. The van der Waals surface area contributed by atoms with Gasteiger partial charge in [0.15, 0.2) is 11.5 Å². The lowest BCUT2D eigenvalue weighted by molar-refractivity contribution is -0.142. The highest BCUT2D eigenvalue weighted by Crippen LogP contribution is 2.26. The molecule has 0 amide bonds. The molecule has 33 heavy (non-hydrogen) atoms. The van der Waals surface area contributed by atoms with E-state index in [-0.39, 0.29) is 30.7 Å². The minimum absolute atomic E-state index is 0.0270. The molecular weight excluding hydrogens is 426 g/mol. The van der Waals surface area contributed by atoms with Crippen LogP contribution in [-0.2, 0) is 11.3 Å². The van der Waals surface area contributed by atoms with Gasteiger partial charge in [0.2, 0.25) is 0 Å². The fraction of sp³-hybridized carbons (Fsp3) is 0.292. The second-order valence-corrected chi connectivity index (χ2v) is 7.74. The standard InChI is InChI=1S/C24H23N3O6/c1-2-11-32-17-8-7-15-13-22(33-21(15)14-17)20(28)12-16(24(30)31)9-10-27-23(29)18-5-3-4-6-19(18)25-26-27/h3-8,13-14,16H,2,9-12H2,1H3,(H,30,31). The number of ketones is 1. The Morgan fingerprint density at radius 3 is 2.79 bits per heavy atom. The number of aryl methyl sites for hydroxylation is 1. The van der Waals surface area contributed by atoms with Crippen LogP contribution in [0.1, 0.15) is 36.7 Å². The van der Waals surface area contributed by atoms with Gasteiger partial charge in [-0.05, 0) is 43.2 Å². The minimum atomic E-state index is -1.13. The third-order valence-corrected chi connectivity index (χ3v) is 5.34. The van der Waals surface area contributed by atoms with Crippen LogP contribution in [0.25, 0.3) is 21.9 Å². The van der Waals surface area contributed by atoms with E-state index in [1.54, 1.807) is 48.5 Å². The van der Waals surface area contributed by atoms with Crippen molar-refractivity contribution >= 4 is 33.6 Å². The van der Waals surface area contributed by atoms with Crippen LogP contribution in [0.3, 0.4) is 0 Å². The molecule has 4 aromatic rings. The summed E-state index contributed by atoms with van der Waals surface area (Å²) in [5, 5.41) is 18.6. The van der Waals surface area contributed by atoms with Gasteiger partial charge in [-0.15, -0.1) is 5.10 Å². The van der Waals surface area contributed by atoms with Crippen molar-refractivity contribution in [1.29, 1.82) is 0 Å². The molecular formula is C24H23N3O6. The van der Waals surface area contributed by atoms with Gasteiger partial charge in [-0.2, -0.15) is 0 Å². The highest BCUT2D eigenvalue weighted by Gasteiger charge is 2.24. The van der Waals surface area contributed by atoms with Crippen molar-refractivity contribution in [2.24, 2.45) is 5.92 Å². The van der Waals surface area contributed by atoms with Gasteiger partial charge >= 0.3 is 5.97 Å². The zero-order chi connectivity index (χ0) is 23.4. The molecule has 0 spiro atoms. The number of fused-ring (bicyclic) bond motifs is 2. The third kappa shape index (κ3) is 4.92. The number of hydrogen-bond acceptors (Lipinski definition) is 7. The van der Waals surface area contributed by atoms with E-state index in [1.807, 2.05) is 6.92 Å². The summed E-state index contributed by atoms with van der Waals surface area (Å²) in [6.07, 6.45) is 0.654. The second kappa shape index (κ2) is 9.64. The number of aromatic nitrogens is 3. The van der Waals surface area contributed by atoms with Gasteiger partial charge < -0.3 is 14.3 Å². The summed E-state index contributed by atoms with van der Waals surface area (Å²) < 4.78 is 12.4. The van der Waals surface area contributed by atoms with Crippen LogP contribution >= 0.6 is 0 Å². The maximum Gasteiger partial charge on any atom is 0.307 e. The molecule has 170 valence electrons. The zero-order valence-corrected chi connectivity index (χ0v) is 18.1. The highest BCUT2D eigenvalue weighted by atomic mass is 16.5. The third-order valence-electron chi connectivity index (χ3n) is 5.34. The Labute approximate surface area is 188 Å². The Morgan fingerprint density at radius 2 is 2.00 bits per heavy atom. The highest BCUT2D eigenvalue weighted by molar-refractivity contribution is 5.99. The van der Waals surface area contributed by atoms with Crippen molar-refractivity contribution in [2.75, 3.05) is 6.61 Å². The number of furan rings is 1. The number of benzene rings is 2. The molecule has 0 bridgehead atoms. The average Bonchev–Trinajstić information content (AvgIpc) is 3.25. The van der Waals surface area contributed by atoms with Crippen LogP contribution < -0.4 is 10.3 Å². The fourth-order valence-electron chi connectivity index (χ4n) is 3.54. The van der Waals surface area contributed by atoms with Gasteiger partial charge in [-0.25, -0.2) is 4.68 Å². The monoisotopic (exact) mass is 449 g/mol. The number of rotatable bonds is 10. The molecule has 9 nitrogen and oxygen atoms in total. The molecule has 0 saturated carbocycles. The Balaban J connectivity index is 1.47. The molecule has 1 N–H and O–H groups in total. The average molecular weight is 449 g/mol. The Bertz CT molecular complexity index is 1370. The second-order valence-electron chi connectivity index (χ2n) is 7.74. The first-order valence-corrected chi connectivity index (χ1v) is 10.7. The summed E-state index contributed by atoms with van der Waals surface area (Å²) in [7, 11) is 0. The van der Waals surface area contributed by atoms with Crippen molar-refractivity contribution in [1.82, 2.24) is 15.0 Å². The quantitative estimate of drug-likeness (QED) is 0.364. The van der Waals surface area contributed by atoms with Gasteiger partial charge in [0.1, 0.15) is 16.8 Å². The molecule has 1 unspecified atom stereocenters. The van der Waals surface area contributed by atoms with Crippen molar-refractivity contribution in [2.45, 2.75) is 32.7 Å². The number of ether oxygens (including phenoxy) is 1. The summed E-state index contributed by atoms with van der Waals surface area (Å²) in [4.78, 5) is 37.1. The van der Waals surface area contributed by atoms with E-state index < -0.39 is 17.7 Å². The van der Waals surface area contributed by atoms with E-state index >= 15 is 0 Å². The number of carboxylic acid groups (broad SMARTS) is 1. The molecule has 0 fully saturated rings. The van der Waals surface area contributed by atoms with Crippen LogP contribution in [0.4, 0.5) is 0 Å². The maximum atomic E-state index is 12.8. The van der Waals surface area contributed by atoms with E-state index in [2.05, 4.69) is 10.3 Å². The zero-order valence-electron chi connectivity index (χ0n) is 18.1. The number of carbonyl (C=O) groups is 2. The lowest BCUT2D eigenvalue weighted by Gasteiger charge is -2.11. The molecule has 9 heteroatoms. The molecule has 0 radical (unpaired) electrons. The van der Waals surface area contributed by atoms with Crippen molar-refractivity contribution in [3.8, 4) is 5.75 Å². The van der Waals surface area contributed by atoms with E-state index in [0.717, 1.165) is 16.5 Å². The molecule has 1 atom stereocenters. The largest absolute Gasteiger partial charge is 0.493 e. The van der Waals surface area contributed by atoms with Crippen molar-refractivity contribution < 1.29 is 23.8 Å². The first-order valence-electron chi connectivity index (χ1n) is 10.7. The van der Waals surface area contributed by atoms with Gasteiger partial charge in [-0.3, -0.25) is 14.4 Å².